The van der Waals surface area contributed by atoms with E-state index < -0.39 is 35.4 Å². The van der Waals surface area contributed by atoms with Crippen molar-refractivity contribution in [3.8, 4) is 5.75 Å². The quantitative estimate of drug-likeness (QED) is 0.409. The third-order valence-corrected chi connectivity index (χ3v) is 4.62. The number of rotatable bonds is 7. The fourth-order valence-corrected chi connectivity index (χ4v) is 3.16. The van der Waals surface area contributed by atoms with Gasteiger partial charge in [-0.25, -0.2) is 4.79 Å². The second-order valence-corrected chi connectivity index (χ2v) is 6.66. The second-order valence-electron chi connectivity index (χ2n) is 6.66. The van der Waals surface area contributed by atoms with Crippen molar-refractivity contribution in [2.45, 2.75) is 26.4 Å². The van der Waals surface area contributed by atoms with Crippen molar-refractivity contribution in [3.05, 3.63) is 58.1 Å². The lowest BCUT2D eigenvalue weighted by Crippen LogP contribution is -2.48. The van der Waals surface area contributed by atoms with Gasteiger partial charge in [0.1, 0.15) is 12.3 Å². The Bertz CT molecular complexity index is 1040. The lowest BCUT2D eigenvalue weighted by Gasteiger charge is -2.33. The number of benzene rings is 2. The number of carbonyl (C=O) groups excluding carboxylic acids is 3. The minimum absolute atomic E-state index is 0.137. The molecule has 162 valence electrons. The number of hydrogen-bond acceptors (Lipinski definition) is 7. The summed E-state index contributed by atoms with van der Waals surface area (Å²) in [6, 6.07) is 10.2. The molecule has 2 amide bonds. The molecule has 1 aliphatic rings. The maximum absolute atomic E-state index is 12.8. The molecule has 1 heterocycles. The number of carbonyl (C=O) groups is 3. The highest BCUT2D eigenvalue weighted by Crippen LogP contribution is 2.37. The average molecular weight is 427 g/mol. The van der Waals surface area contributed by atoms with E-state index in [0.717, 1.165) is 4.90 Å². The summed E-state index contributed by atoms with van der Waals surface area (Å²) in [5.41, 5.74) is 0.312. The van der Waals surface area contributed by atoms with Gasteiger partial charge in [-0.15, -0.1) is 0 Å². The van der Waals surface area contributed by atoms with E-state index in [2.05, 4.69) is 5.32 Å². The van der Waals surface area contributed by atoms with Gasteiger partial charge >= 0.3 is 5.97 Å². The average Bonchev–Trinajstić information content (AvgIpc) is 2.75. The molecule has 0 aromatic heterocycles. The summed E-state index contributed by atoms with van der Waals surface area (Å²) in [7, 11) is 0. The normalized spacial score (nSPS) is 15.0. The van der Waals surface area contributed by atoms with Crippen LogP contribution in [0.5, 0.6) is 5.75 Å². The zero-order valence-corrected chi connectivity index (χ0v) is 17.0. The zero-order chi connectivity index (χ0) is 22.5. The van der Waals surface area contributed by atoms with Crippen molar-refractivity contribution in [2.75, 3.05) is 23.4 Å². The van der Waals surface area contributed by atoms with E-state index in [1.807, 2.05) is 0 Å². The van der Waals surface area contributed by atoms with E-state index >= 15 is 0 Å². The van der Waals surface area contributed by atoms with Crippen LogP contribution in [0, 0.1) is 10.1 Å². The van der Waals surface area contributed by atoms with Crippen molar-refractivity contribution in [3.63, 3.8) is 0 Å². The van der Waals surface area contributed by atoms with E-state index in [9.17, 15) is 24.5 Å². The van der Waals surface area contributed by atoms with E-state index in [0.29, 0.717) is 6.42 Å². The molecule has 0 bridgehead atoms. The van der Waals surface area contributed by atoms with Gasteiger partial charge in [0.05, 0.1) is 28.5 Å². The fraction of sp³-hybridized carbons (Fsp3) is 0.286. The highest BCUT2D eigenvalue weighted by atomic mass is 16.6. The number of nitro benzene ring substituents is 1. The molecule has 1 N–H and O–H groups in total. The maximum atomic E-state index is 12.8. The number of hydrogen-bond donors (Lipinski definition) is 1. The third kappa shape index (κ3) is 4.63. The number of amides is 2. The molecule has 2 aromatic rings. The number of fused-ring (bicyclic) bond motifs is 1. The van der Waals surface area contributed by atoms with Crippen LogP contribution in [0.15, 0.2) is 42.5 Å². The van der Waals surface area contributed by atoms with Gasteiger partial charge in [0.25, 0.3) is 11.6 Å². The van der Waals surface area contributed by atoms with Crippen molar-refractivity contribution in [2.24, 2.45) is 0 Å². The van der Waals surface area contributed by atoms with Gasteiger partial charge in [0, 0.05) is 12.1 Å². The molecule has 1 atom stereocenters. The molecule has 3 rings (SSSR count). The van der Waals surface area contributed by atoms with Gasteiger partial charge in [-0.05, 0) is 31.5 Å². The van der Waals surface area contributed by atoms with Gasteiger partial charge in [-0.1, -0.05) is 19.1 Å². The minimum atomic E-state index is -0.812. The molecule has 10 nitrogen and oxygen atoms in total. The summed E-state index contributed by atoms with van der Waals surface area (Å²) in [5.74, 6) is -1.38. The monoisotopic (exact) mass is 427 g/mol. The Morgan fingerprint density at radius 1 is 1.23 bits per heavy atom. The number of para-hydroxylation sites is 1. The first-order chi connectivity index (χ1) is 14.8. The summed E-state index contributed by atoms with van der Waals surface area (Å²) in [5, 5.41) is 13.8. The number of non-ortho nitro benzene ring substituents is 1. The predicted octanol–water partition coefficient (Wildman–Crippen LogP) is 2.91. The predicted molar refractivity (Wildman–Crippen MR) is 111 cm³/mol. The first kappa shape index (κ1) is 21.8. The summed E-state index contributed by atoms with van der Waals surface area (Å²) in [4.78, 5) is 49.4. The topological polar surface area (TPSA) is 128 Å². The highest BCUT2D eigenvalue weighted by molar-refractivity contribution is 6.08. The van der Waals surface area contributed by atoms with Crippen LogP contribution >= 0.6 is 0 Å². The Labute approximate surface area is 177 Å². The SMILES string of the molecule is CCOC(=O)c1ccccc1NC(=O)CN1C(=O)C(CC)Oc2ccc([N+](=O)[O-])cc21. The summed E-state index contributed by atoms with van der Waals surface area (Å²) >= 11 is 0. The van der Waals surface area contributed by atoms with Crippen LogP contribution in [0.3, 0.4) is 0 Å². The number of nitro groups is 1. The first-order valence-electron chi connectivity index (χ1n) is 9.68. The van der Waals surface area contributed by atoms with Crippen molar-refractivity contribution in [1.82, 2.24) is 0 Å². The summed E-state index contributed by atoms with van der Waals surface area (Å²) < 4.78 is 10.6. The van der Waals surface area contributed by atoms with Gasteiger partial charge in [-0.3, -0.25) is 24.6 Å². The highest BCUT2D eigenvalue weighted by Gasteiger charge is 2.35. The molecular weight excluding hydrogens is 406 g/mol. The Balaban J connectivity index is 1.87. The van der Waals surface area contributed by atoms with Gasteiger partial charge in [0.15, 0.2) is 6.10 Å². The number of nitrogens with one attached hydrogen (secondary N) is 1. The van der Waals surface area contributed by atoms with Crippen LogP contribution in [0.2, 0.25) is 0 Å². The second kappa shape index (κ2) is 9.24. The Hall–Kier alpha value is -3.95. The molecule has 2 aromatic carbocycles. The molecule has 0 spiro atoms. The lowest BCUT2D eigenvalue weighted by atomic mass is 10.1. The number of ether oxygens (including phenoxy) is 2. The van der Waals surface area contributed by atoms with Crippen LogP contribution in [-0.2, 0) is 14.3 Å². The minimum Gasteiger partial charge on any atom is -0.478 e. The number of nitrogens with zero attached hydrogens (tertiary/aromatic N) is 2. The summed E-state index contributed by atoms with van der Waals surface area (Å²) in [6.45, 7) is 3.19. The molecule has 0 fully saturated rings. The van der Waals surface area contributed by atoms with Crippen LogP contribution in [0.4, 0.5) is 17.1 Å². The van der Waals surface area contributed by atoms with Crippen molar-refractivity contribution in [1.29, 1.82) is 0 Å². The Morgan fingerprint density at radius 2 is 1.97 bits per heavy atom. The number of anilines is 2. The maximum Gasteiger partial charge on any atom is 0.340 e. The molecule has 10 heteroatoms. The van der Waals surface area contributed by atoms with E-state index in [1.54, 1.807) is 32.0 Å². The standard InChI is InChI=1S/C21H21N3O7/c1-3-17-20(26)23(16-11-13(24(28)29)9-10-18(16)31-17)12-19(25)22-15-8-6-5-7-14(15)21(27)30-4-2/h5-11,17H,3-4,12H2,1-2H3,(H,22,25). The smallest absolute Gasteiger partial charge is 0.340 e. The Kier molecular flexibility index (Phi) is 6.49. The van der Waals surface area contributed by atoms with E-state index in [4.69, 9.17) is 9.47 Å². The van der Waals surface area contributed by atoms with Crippen LogP contribution in [0.25, 0.3) is 0 Å². The zero-order valence-electron chi connectivity index (χ0n) is 17.0. The molecule has 1 aliphatic heterocycles. The van der Waals surface area contributed by atoms with Crippen molar-refractivity contribution < 1.29 is 28.8 Å². The third-order valence-electron chi connectivity index (χ3n) is 4.62. The summed E-state index contributed by atoms with van der Waals surface area (Å²) in [6.07, 6.45) is -0.451. The van der Waals surface area contributed by atoms with Gasteiger partial charge in [0.2, 0.25) is 5.91 Å². The largest absolute Gasteiger partial charge is 0.478 e. The van der Waals surface area contributed by atoms with Gasteiger partial charge in [-0.2, -0.15) is 0 Å². The van der Waals surface area contributed by atoms with E-state index in [1.165, 1.54) is 24.3 Å². The molecule has 1 unspecified atom stereocenters. The van der Waals surface area contributed by atoms with Crippen LogP contribution < -0.4 is 15.0 Å². The molecular formula is C21H21N3O7. The van der Waals surface area contributed by atoms with Crippen LogP contribution in [-0.4, -0.2) is 42.0 Å². The van der Waals surface area contributed by atoms with Crippen LogP contribution in [0.1, 0.15) is 30.6 Å². The molecule has 0 saturated carbocycles. The fourth-order valence-electron chi connectivity index (χ4n) is 3.16. The first-order valence-corrected chi connectivity index (χ1v) is 9.68. The van der Waals surface area contributed by atoms with E-state index in [-0.39, 0.29) is 35.0 Å². The molecule has 0 saturated heterocycles. The number of esters is 1. The Morgan fingerprint density at radius 3 is 2.65 bits per heavy atom. The molecule has 0 aliphatic carbocycles. The van der Waals surface area contributed by atoms with Crippen molar-refractivity contribution >= 4 is 34.8 Å². The lowest BCUT2D eigenvalue weighted by molar-refractivity contribution is -0.384. The van der Waals surface area contributed by atoms with Gasteiger partial charge < -0.3 is 14.8 Å². The molecule has 31 heavy (non-hydrogen) atoms. The molecule has 0 radical (unpaired) electrons.